The fourth-order valence-corrected chi connectivity index (χ4v) is 1.75. The molecule has 0 bridgehead atoms. The molecule has 0 aliphatic rings. The summed E-state index contributed by atoms with van der Waals surface area (Å²) in [4.78, 5) is 22.2. The van der Waals surface area contributed by atoms with Gasteiger partial charge in [-0.2, -0.15) is 13.2 Å². The standard InChI is InChI=1S/C12H10F3NO3/c1-5-3-4-7(19-5)11(12(13,14)15)16-8-6(2)9(17)10(8)18/h3-4,11,16H,1-2H3/t11-/m1/s1. The molecule has 7 heteroatoms. The van der Waals surface area contributed by atoms with Gasteiger partial charge in [-0.25, -0.2) is 0 Å². The van der Waals surface area contributed by atoms with Crippen LogP contribution < -0.4 is 16.2 Å². The zero-order chi connectivity index (χ0) is 14.4. The highest BCUT2D eigenvalue weighted by Crippen LogP contribution is 2.36. The maximum absolute atomic E-state index is 12.9. The molecule has 0 radical (unpaired) electrons. The number of aryl methyl sites for hydroxylation is 1. The number of anilines is 1. The zero-order valence-corrected chi connectivity index (χ0v) is 10.1. The first-order valence-electron chi connectivity index (χ1n) is 5.41. The first kappa shape index (κ1) is 13.4. The molecule has 102 valence electrons. The van der Waals surface area contributed by atoms with Gasteiger partial charge >= 0.3 is 6.18 Å². The predicted octanol–water partition coefficient (Wildman–Crippen LogP) is 2.21. The fourth-order valence-electron chi connectivity index (χ4n) is 1.75. The van der Waals surface area contributed by atoms with Crippen LogP contribution in [-0.2, 0) is 0 Å². The molecule has 0 aliphatic heterocycles. The molecule has 19 heavy (non-hydrogen) atoms. The number of hydrogen-bond acceptors (Lipinski definition) is 4. The van der Waals surface area contributed by atoms with Gasteiger partial charge in [0.15, 0.2) is 6.04 Å². The molecule has 2 aromatic rings. The summed E-state index contributed by atoms with van der Waals surface area (Å²) in [6, 6.07) is 0.426. The minimum Gasteiger partial charge on any atom is -0.464 e. The summed E-state index contributed by atoms with van der Waals surface area (Å²) in [5, 5.41) is 2.04. The lowest BCUT2D eigenvalue weighted by atomic mass is 10.1. The maximum Gasteiger partial charge on any atom is 0.415 e. The van der Waals surface area contributed by atoms with E-state index in [2.05, 4.69) is 0 Å². The first-order chi connectivity index (χ1) is 8.71. The van der Waals surface area contributed by atoms with Crippen molar-refractivity contribution in [2.45, 2.75) is 26.1 Å². The third-order valence-electron chi connectivity index (χ3n) is 2.81. The van der Waals surface area contributed by atoms with Crippen molar-refractivity contribution in [1.29, 1.82) is 0 Å². The van der Waals surface area contributed by atoms with Gasteiger partial charge < -0.3 is 9.73 Å². The Bertz CT molecular complexity index is 677. The molecular weight excluding hydrogens is 263 g/mol. The summed E-state index contributed by atoms with van der Waals surface area (Å²) < 4.78 is 43.8. The van der Waals surface area contributed by atoms with E-state index in [9.17, 15) is 22.8 Å². The molecule has 0 unspecified atom stereocenters. The van der Waals surface area contributed by atoms with Gasteiger partial charge in [-0.3, -0.25) is 9.59 Å². The normalized spacial score (nSPS) is 13.7. The zero-order valence-electron chi connectivity index (χ0n) is 10.1. The maximum atomic E-state index is 12.9. The van der Waals surface area contributed by atoms with E-state index in [4.69, 9.17) is 4.42 Å². The number of furan rings is 1. The van der Waals surface area contributed by atoms with E-state index < -0.39 is 23.1 Å². The van der Waals surface area contributed by atoms with Gasteiger partial charge in [-0.15, -0.1) is 0 Å². The predicted molar refractivity (Wildman–Crippen MR) is 62.0 cm³/mol. The summed E-state index contributed by atoms with van der Waals surface area (Å²) in [7, 11) is 0. The van der Waals surface area contributed by atoms with E-state index in [0.29, 0.717) is 5.76 Å². The van der Waals surface area contributed by atoms with Crippen molar-refractivity contribution in [2.75, 3.05) is 5.32 Å². The Labute approximate surface area is 105 Å². The highest BCUT2D eigenvalue weighted by atomic mass is 19.4. The minimum atomic E-state index is -4.64. The van der Waals surface area contributed by atoms with Gasteiger partial charge in [0.2, 0.25) is 10.9 Å². The molecule has 0 fully saturated rings. The average Bonchev–Trinajstić information content (AvgIpc) is 2.73. The Hall–Kier alpha value is -2.05. The summed E-state index contributed by atoms with van der Waals surface area (Å²) in [6.45, 7) is 2.81. The molecule has 1 aromatic heterocycles. The Morgan fingerprint density at radius 3 is 2.21 bits per heavy atom. The van der Waals surface area contributed by atoms with Gasteiger partial charge in [0.25, 0.3) is 0 Å². The van der Waals surface area contributed by atoms with Crippen LogP contribution in [0.2, 0.25) is 0 Å². The van der Waals surface area contributed by atoms with Gasteiger partial charge in [0.05, 0.1) is 5.69 Å². The lowest BCUT2D eigenvalue weighted by Gasteiger charge is -2.22. The van der Waals surface area contributed by atoms with E-state index >= 15 is 0 Å². The minimum absolute atomic E-state index is 0.00234. The van der Waals surface area contributed by atoms with E-state index in [1.807, 2.05) is 5.32 Å². The topological polar surface area (TPSA) is 59.3 Å². The Balaban J connectivity index is 2.36. The molecule has 0 spiro atoms. The number of rotatable bonds is 3. The number of nitrogens with one attached hydrogen (secondary N) is 1. The lowest BCUT2D eigenvalue weighted by molar-refractivity contribution is -0.147. The van der Waals surface area contributed by atoms with Crippen LogP contribution in [0.1, 0.15) is 23.1 Å². The van der Waals surface area contributed by atoms with Crippen LogP contribution in [0.3, 0.4) is 0 Å². The molecule has 2 rings (SSSR count). The summed E-state index contributed by atoms with van der Waals surface area (Å²) in [5.74, 6) is -0.0230. The Morgan fingerprint density at radius 1 is 1.16 bits per heavy atom. The third-order valence-corrected chi connectivity index (χ3v) is 2.81. The molecule has 1 heterocycles. The monoisotopic (exact) mass is 273 g/mol. The second-order valence-electron chi connectivity index (χ2n) is 4.23. The van der Waals surface area contributed by atoms with E-state index in [0.717, 1.165) is 0 Å². The summed E-state index contributed by atoms with van der Waals surface area (Å²) >= 11 is 0. The second kappa shape index (κ2) is 4.25. The van der Waals surface area contributed by atoms with Gasteiger partial charge in [-0.05, 0) is 26.0 Å². The quantitative estimate of drug-likeness (QED) is 0.871. The molecule has 4 nitrogen and oxygen atoms in total. The fraction of sp³-hybridized carbons (Fsp3) is 0.333. The van der Waals surface area contributed by atoms with E-state index in [1.165, 1.54) is 26.0 Å². The SMILES string of the molecule is Cc1ccc([C@@H](Nc2c(C)c(=O)c2=O)C(F)(F)F)o1. The van der Waals surface area contributed by atoms with Crippen LogP contribution in [-0.4, -0.2) is 6.18 Å². The van der Waals surface area contributed by atoms with Gasteiger partial charge in [-0.1, -0.05) is 0 Å². The molecule has 0 saturated heterocycles. The van der Waals surface area contributed by atoms with Crippen LogP contribution in [0.4, 0.5) is 18.9 Å². The van der Waals surface area contributed by atoms with Crippen molar-refractivity contribution in [2.24, 2.45) is 0 Å². The van der Waals surface area contributed by atoms with Crippen LogP contribution in [0.5, 0.6) is 0 Å². The molecule has 0 amide bonds. The number of alkyl halides is 3. The van der Waals surface area contributed by atoms with Crippen LogP contribution in [0.15, 0.2) is 26.1 Å². The van der Waals surface area contributed by atoms with E-state index in [1.54, 1.807) is 0 Å². The van der Waals surface area contributed by atoms with Crippen molar-refractivity contribution in [1.82, 2.24) is 0 Å². The molecule has 1 aromatic carbocycles. The highest BCUT2D eigenvalue weighted by molar-refractivity contribution is 5.56. The van der Waals surface area contributed by atoms with Crippen molar-refractivity contribution in [3.05, 3.63) is 49.7 Å². The van der Waals surface area contributed by atoms with Crippen LogP contribution in [0.25, 0.3) is 0 Å². The van der Waals surface area contributed by atoms with Crippen molar-refractivity contribution in [3.63, 3.8) is 0 Å². The molecule has 0 aliphatic carbocycles. The molecule has 1 atom stereocenters. The lowest BCUT2D eigenvalue weighted by Crippen LogP contribution is -2.40. The van der Waals surface area contributed by atoms with Crippen molar-refractivity contribution in [3.8, 4) is 0 Å². The van der Waals surface area contributed by atoms with Crippen molar-refractivity contribution >= 4 is 5.69 Å². The largest absolute Gasteiger partial charge is 0.464 e. The average molecular weight is 273 g/mol. The summed E-state index contributed by atoms with van der Waals surface area (Å²) in [5.41, 5.74) is -2.00. The first-order valence-corrected chi connectivity index (χ1v) is 5.41. The van der Waals surface area contributed by atoms with Gasteiger partial charge in [0.1, 0.15) is 11.5 Å². The van der Waals surface area contributed by atoms with Crippen LogP contribution in [0, 0.1) is 13.8 Å². The Kier molecular flexibility index (Phi) is 3.00. The number of halogens is 3. The Morgan fingerprint density at radius 2 is 1.79 bits per heavy atom. The third kappa shape index (κ3) is 2.27. The second-order valence-corrected chi connectivity index (χ2v) is 4.23. The smallest absolute Gasteiger partial charge is 0.415 e. The highest BCUT2D eigenvalue weighted by Gasteiger charge is 2.44. The molecule has 1 N–H and O–H groups in total. The molecule has 0 saturated carbocycles. The summed E-state index contributed by atoms with van der Waals surface area (Å²) in [6.07, 6.45) is -4.64. The molecular formula is C12H10F3NO3. The number of hydrogen-bond donors (Lipinski definition) is 1. The van der Waals surface area contributed by atoms with Crippen LogP contribution >= 0.6 is 0 Å². The van der Waals surface area contributed by atoms with E-state index in [-0.39, 0.29) is 17.0 Å². The van der Waals surface area contributed by atoms with Crippen molar-refractivity contribution < 1.29 is 17.6 Å². The van der Waals surface area contributed by atoms with Gasteiger partial charge in [0, 0.05) is 5.56 Å².